The third-order valence-electron chi connectivity index (χ3n) is 25.3. The largest absolute Gasteiger partial charge is 0.508 e. The first-order valence-corrected chi connectivity index (χ1v) is 45.4. The second-order valence-corrected chi connectivity index (χ2v) is 36.9. The van der Waals surface area contributed by atoms with Gasteiger partial charge in [-0.1, -0.05) is 55.2 Å². The summed E-state index contributed by atoms with van der Waals surface area (Å²) in [6, 6.07) is -4.13. The number of hydrogen-bond donors (Lipinski definition) is 32. The van der Waals surface area contributed by atoms with Crippen molar-refractivity contribution >= 4 is 76.4 Å². The van der Waals surface area contributed by atoms with Gasteiger partial charge in [0.05, 0.1) is 60.0 Å². The summed E-state index contributed by atoms with van der Waals surface area (Å²) in [5.41, 5.74) is 31.1. The van der Waals surface area contributed by atoms with Crippen molar-refractivity contribution in [3.63, 3.8) is 0 Å². The second kappa shape index (κ2) is 46.1. The average Bonchev–Trinajstić information content (AvgIpc) is 0.764. The number of fused-ring (bicyclic) bond motifs is 15. The molecule has 34 atom stereocenters. The van der Waals surface area contributed by atoms with Crippen molar-refractivity contribution in [1.82, 2.24) is 42.5 Å². The standard InChI is InChI=1S/C66H75Cl2N9O24.C22H43N5O13/c1-23(2)12-34(71-5)58(88)76-49-51(83)26-7-10-38(32(67)14-26)97-40-16-28-17-41(55(40)101-65-56(54(86)53(85)42(22-78)99-65)100-44-21-66(4,70)57(87)24(3)96-44)98-39-11-8-27(15-33(39)68)52(84)50-63(93)75-48(64(94)95)31-18-29(79)19-37(81)45(31)30-13-25(6-9-36(30)80)46(60(90)77-50)74-61(91)47(28)73-59(89)35(20-43(69)82)72-62(49)92;23-2-1-8(29)20(36)27-7-3-6(25)18(39-22-16(34)15(33)13(31)9(4-24)37-22)17(35)19(7)40-21-14(32)11(26)12(30)10(5-28)38-21/h6-11,13-19,23-24,34-35,42,44,46-54,56-57,65,71,78-81,83-87H,12,20-22,70H2,1-5H3,(H2,69,82)(H,72,92)(H,73,89)(H,74,91)(H,75,93)(H,76,88)(H,77,90)(H,94,95);6-19,21-22,28-35H,1-5,23-26H2,(H,27,36)/t24-,34+,35-,42+,44-,46+,47+,48+,49+,50-,51+,52+,53+,54-,56+,57?,65-,66-;6-,7+,8-,9+,10+,11-,12+,13+,14+,15-,16+,17-,18+,19-,21+,22+/m00/s1. The van der Waals surface area contributed by atoms with Crippen LogP contribution in [-0.4, -0.2) is 355 Å². The predicted octanol–water partition coefficient (Wildman–Crippen LogP) is -8.32. The van der Waals surface area contributed by atoms with E-state index in [0.29, 0.717) is 0 Å². The maximum Gasteiger partial charge on any atom is 0.330 e. The maximum atomic E-state index is 16.0. The van der Waals surface area contributed by atoms with Crippen molar-refractivity contribution in [2.75, 3.05) is 33.4 Å². The lowest BCUT2D eigenvalue weighted by Gasteiger charge is -2.49. The van der Waals surface area contributed by atoms with Gasteiger partial charge < -0.3 is 216 Å². The molecular formula is C88H118Cl2N14O37. The molecule has 10 aliphatic rings. The molecule has 776 valence electrons. The van der Waals surface area contributed by atoms with Gasteiger partial charge in [0.15, 0.2) is 42.5 Å². The highest BCUT2D eigenvalue weighted by Crippen LogP contribution is 2.51. The number of carboxylic acids is 1. The first kappa shape index (κ1) is 109. The molecule has 5 aromatic rings. The van der Waals surface area contributed by atoms with Crippen molar-refractivity contribution < 1.29 is 182 Å². The Morgan fingerprint density at radius 2 is 1.16 bits per heavy atom. The van der Waals surface area contributed by atoms with Crippen molar-refractivity contribution in [1.29, 1.82) is 0 Å². The summed E-state index contributed by atoms with van der Waals surface area (Å²) in [6.07, 6.45) is -38.4. The fourth-order valence-electron chi connectivity index (χ4n) is 17.6. The molecule has 0 spiro atoms. The summed E-state index contributed by atoms with van der Waals surface area (Å²) in [7, 11) is 1.47. The zero-order valence-corrected chi connectivity index (χ0v) is 77.5. The molecule has 1 aliphatic carbocycles. The number of rotatable bonds is 23. The Balaban J connectivity index is 0.000000370. The van der Waals surface area contributed by atoms with E-state index in [9.17, 15) is 121 Å². The molecule has 11 bridgehead atoms. The molecule has 5 fully saturated rings. The number of benzene rings is 5. The number of halogens is 2. The number of carboxylic acid groups (broad SMARTS) is 1. The molecule has 9 aliphatic heterocycles. The lowest BCUT2D eigenvalue weighted by Crippen LogP contribution is -2.69. The molecule has 51 nitrogen and oxygen atoms in total. The van der Waals surface area contributed by atoms with Gasteiger partial charge in [-0.3, -0.25) is 38.4 Å². The minimum Gasteiger partial charge on any atom is -0.508 e. The zero-order valence-electron chi connectivity index (χ0n) is 76.0. The highest BCUT2D eigenvalue weighted by Gasteiger charge is 2.56. The van der Waals surface area contributed by atoms with Crippen molar-refractivity contribution in [3.8, 4) is 57.1 Å². The van der Waals surface area contributed by atoms with Crippen molar-refractivity contribution in [2.24, 2.45) is 40.3 Å². The summed E-state index contributed by atoms with van der Waals surface area (Å²) >= 11 is 14.1. The predicted molar refractivity (Wildman–Crippen MR) is 481 cm³/mol. The average molecular weight is 2030 g/mol. The summed E-state index contributed by atoms with van der Waals surface area (Å²) in [5, 5.41) is 215. The molecule has 38 N–H and O–H groups in total. The van der Waals surface area contributed by atoms with Gasteiger partial charge in [0.1, 0.15) is 157 Å². The van der Waals surface area contributed by atoms with Crippen LogP contribution < -0.4 is 91.1 Å². The number of aliphatic carboxylic acids is 1. The van der Waals surface area contributed by atoms with Crippen LogP contribution in [0.1, 0.15) is 118 Å². The van der Waals surface area contributed by atoms with Crippen LogP contribution in [0, 0.1) is 5.92 Å². The Kier molecular flexibility index (Phi) is 35.8. The molecule has 0 aromatic heterocycles. The Labute approximate surface area is 812 Å². The molecule has 1 saturated carbocycles. The normalized spacial score (nSPS) is 34.4. The fraction of sp³-hybridized carbons (Fsp3) is 0.557. The minimum absolute atomic E-state index is 0.0101. The third kappa shape index (κ3) is 24.3. The maximum absolute atomic E-state index is 16.0. The van der Waals surface area contributed by atoms with Crippen LogP contribution in [0.25, 0.3) is 11.1 Å². The van der Waals surface area contributed by atoms with E-state index in [1.807, 2.05) is 13.8 Å². The quantitative estimate of drug-likeness (QED) is 0.0289. The number of hydrogen-bond acceptors (Lipinski definition) is 42. The molecule has 1 unspecified atom stereocenters. The number of amides is 8. The molecule has 9 heterocycles. The smallest absolute Gasteiger partial charge is 0.330 e. The van der Waals surface area contributed by atoms with Crippen molar-refractivity contribution in [2.45, 2.75) is 267 Å². The Morgan fingerprint density at radius 3 is 1.75 bits per heavy atom. The van der Waals surface area contributed by atoms with E-state index in [1.54, 1.807) is 0 Å². The number of likely N-dealkylation sites (N-methyl/N-ethyl adjacent to an activating group) is 1. The second-order valence-electron chi connectivity index (χ2n) is 36.0. The van der Waals surface area contributed by atoms with Crippen LogP contribution in [0.15, 0.2) is 78.9 Å². The van der Waals surface area contributed by atoms with Crippen LogP contribution in [0.4, 0.5) is 0 Å². The third-order valence-corrected chi connectivity index (χ3v) is 25.9. The van der Waals surface area contributed by atoms with E-state index in [0.717, 1.165) is 66.7 Å². The van der Waals surface area contributed by atoms with E-state index in [2.05, 4.69) is 42.5 Å². The van der Waals surface area contributed by atoms with Gasteiger partial charge in [0, 0.05) is 47.3 Å². The minimum atomic E-state index is -2.35. The highest BCUT2D eigenvalue weighted by molar-refractivity contribution is 6.32. The number of aliphatic hydroxyl groups excluding tert-OH is 14. The lowest BCUT2D eigenvalue weighted by molar-refractivity contribution is -0.333. The number of phenols is 3. The van der Waals surface area contributed by atoms with Gasteiger partial charge in [-0.25, -0.2) is 4.79 Å². The summed E-state index contributed by atoms with van der Waals surface area (Å²) in [4.78, 5) is 129. The van der Waals surface area contributed by atoms with Gasteiger partial charge in [0.25, 0.3) is 0 Å². The van der Waals surface area contributed by atoms with Crippen LogP contribution in [0.5, 0.6) is 46.0 Å². The fourth-order valence-corrected chi connectivity index (χ4v) is 18.0. The molecule has 141 heavy (non-hydrogen) atoms. The molecule has 53 heteroatoms. The van der Waals surface area contributed by atoms with E-state index < -0.39 is 347 Å². The molecule has 8 amide bonds. The number of aliphatic hydroxyl groups is 14. The first-order chi connectivity index (χ1) is 66.5. The summed E-state index contributed by atoms with van der Waals surface area (Å²) in [6.45, 7) is 4.76. The van der Waals surface area contributed by atoms with E-state index >= 15 is 14.4 Å². The van der Waals surface area contributed by atoms with E-state index in [1.165, 1.54) is 33.0 Å². The molecule has 4 saturated heterocycles. The highest BCUT2D eigenvalue weighted by atomic mass is 35.5. The number of aromatic hydroxyl groups is 3. The Hall–Kier alpha value is -10.4. The van der Waals surface area contributed by atoms with Gasteiger partial charge in [-0.15, -0.1) is 0 Å². The van der Waals surface area contributed by atoms with Gasteiger partial charge in [-0.05, 0) is 129 Å². The number of primary amides is 1. The first-order valence-electron chi connectivity index (χ1n) is 44.7. The Bertz CT molecular complexity index is 5350. The SMILES string of the molecule is CN[C@H](CC(C)C)C(=O)N[C@H]1C(=O)N[C@@H](CC(N)=O)C(=O)N[C@H]2C(=O)N[C@H]3C(=O)N[C@H](C(=O)N[C@@H](C(=O)O)c4cc(O)cc(O)c4-c4cc3ccc4O)[C@H](O)c3ccc(c(Cl)c3)Oc3cc2cc(c3O[C@@H]2O[C@H](CO)[C@@H](O)[C@H](O)[C@H]2O[C@H]2C[C@](C)(N)C(O)[C@H](C)O2)Oc2ccc(cc2Cl)[C@H]1O.NCC[C@H](O)C(=O)N[C@@H]1C[C@H](N)[C@@H](O[C@H]2O[C@H](CN)[C@@H](O)[C@H](O)[C@H]2O)[C@H](O)[C@H]1O[C@H]1O[C@H](CO)[C@@H](O)[C@H](N)[C@H]1O. The molecule has 15 rings (SSSR count). The number of nitrogens with two attached hydrogens (primary N) is 6. The number of ether oxygens (including phenoxy) is 10. The van der Waals surface area contributed by atoms with E-state index in [4.69, 9.17) is 105 Å². The number of phenolic OH excluding ortho intramolecular Hbond substituents is 3. The Morgan fingerprint density at radius 1 is 0.589 bits per heavy atom. The molecule has 0 radical (unpaired) electrons. The van der Waals surface area contributed by atoms with Gasteiger partial charge in [-0.2, -0.15) is 0 Å². The number of nitrogens with one attached hydrogen (secondary N) is 8. The van der Waals surface area contributed by atoms with Crippen LogP contribution in [0.3, 0.4) is 0 Å². The van der Waals surface area contributed by atoms with Crippen LogP contribution >= 0.6 is 23.2 Å². The summed E-state index contributed by atoms with van der Waals surface area (Å²) in [5.74, 6) is -16.8. The lowest BCUT2D eigenvalue weighted by atomic mass is 9.83. The molecule has 5 aromatic carbocycles. The van der Waals surface area contributed by atoms with Gasteiger partial charge >= 0.3 is 5.97 Å². The van der Waals surface area contributed by atoms with Crippen LogP contribution in [-0.2, 0) is 76.3 Å². The zero-order chi connectivity index (χ0) is 103. The van der Waals surface area contributed by atoms with Gasteiger partial charge in [0.2, 0.25) is 59.3 Å². The summed E-state index contributed by atoms with van der Waals surface area (Å²) < 4.78 is 60.8. The van der Waals surface area contributed by atoms with E-state index in [-0.39, 0.29) is 72.2 Å². The molecular weight excluding hydrogens is 1920 g/mol. The number of carbonyl (C=O) groups excluding carboxylic acids is 8. The topological polar surface area (TPSA) is 862 Å². The number of carbonyl (C=O) groups is 9. The monoisotopic (exact) mass is 2030 g/mol. The van der Waals surface area contributed by atoms with Crippen molar-refractivity contribution in [3.05, 3.63) is 117 Å². The van der Waals surface area contributed by atoms with Crippen LogP contribution in [0.2, 0.25) is 10.0 Å².